The predicted octanol–water partition coefficient (Wildman–Crippen LogP) is 6.61. The summed E-state index contributed by atoms with van der Waals surface area (Å²) in [6.45, 7) is 11.0. The van der Waals surface area contributed by atoms with Crippen LogP contribution in [0.3, 0.4) is 0 Å². The summed E-state index contributed by atoms with van der Waals surface area (Å²) in [4.78, 5) is 16.1. The number of nitrogens with one attached hydrogen (secondary N) is 2. The Kier molecular flexibility index (Phi) is 7.28. The number of pyridine rings is 1. The zero-order valence-electron chi connectivity index (χ0n) is 19.3. The lowest BCUT2D eigenvalue weighted by molar-refractivity contribution is -0.111. The molecule has 0 bridgehead atoms. The van der Waals surface area contributed by atoms with Crippen molar-refractivity contribution in [3.63, 3.8) is 0 Å². The molecule has 5 nitrogen and oxygen atoms in total. The Balaban J connectivity index is 1.88. The molecular weight excluding hydrogens is 417 g/mol. The van der Waals surface area contributed by atoms with Gasteiger partial charge in [0.2, 0.25) is 5.91 Å². The molecule has 0 aliphatic heterocycles. The number of hydrogen-bond donors (Lipinski definition) is 3. The normalized spacial score (nSPS) is 11.2. The fourth-order valence-corrected chi connectivity index (χ4v) is 3.67. The van der Waals surface area contributed by atoms with Crippen LogP contribution in [0.4, 0.5) is 21.6 Å². The number of aromatic nitrogens is 1. The topological polar surface area (TPSA) is 74.2 Å². The molecule has 1 aromatic heterocycles. The van der Waals surface area contributed by atoms with Gasteiger partial charge < -0.3 is 15.7 Å². The van der Waals surface area contributed by atoms with Crippen LogP contribution in [0.5, 0.6) is 5.75 Å². The summed E-state index contributed by atoms with van der Waals surface area (Å²) in [7, 11) is 0. The maximum atomic E-state index is 15.2. The molecule has 0 fully saturated rings. The summed E-state index contributed by atoms with van der Waals surface area (Å²) in [6.07, 6.45) is 4.87. The highest BCUT2D eigenvalue weighted by Gasteiger charge is 2.16. The lowest BCUT2D eigenvalue weighted by atomic mass is 9.95. The highest BCUT2D eigenvalue weighted by atomic mass is 19.1. The lowest BCUT2D eigenvalue weighted by Crippen LogP contribution is -2.10. The number of amides is 1. The SMILES string of the molecule is C=CC(=O)Nc1cccc(C)c1Nc1ccc(/C=C(\F)c2c(C)c(CC)cc(C)c2O)cn1. The van der Waals surface area contributed by atoms with Gasteiger partial charge in [0.25, 0.3) is 0 Å². The standard InChI is InChI=1S/C27H28FN3O2/c1-6-20-13-17(4)27(33)25(18(20)5)21(28)14-19-11-12-23(29-15-19)31-26-16(3)9-8-10-22(26)30-24(32)7-2/h7-15,33H,2,6H2,1,3-5H3,(H,29,31)(H,30,32)/b21-14-. The average Bonchev–Trinajstić information content (AvgIpc) is 2.79. The molecule has 0 aliphatic carbocycles. The Hall–Kier alpha value is -3.93. The first-order valence-corrected chi connectivity index (χ1v) is 10.7. The fraction of sp³-hybridized carbons (Fsp3) is 0.185. The van der Waals surface area contributed by atoms with Gasteiger partial charge in [0, 0.05) is 6.20 Å². The van der Waals surface area contributed by atoms with Gasteiger partial charge in [-0.05, 0) is 85.4 Å². The first-order valence-electron chi connectivity index (χ1n) is 10.7. The van der Waals surface area contributed by atoms with Gasteiger partial charge in [-0.25, -0.2) is 9.37 Å². The van der Waals surface area contributed by atoms with Crippen molar-refractivity contribution < 1.29 is 14.3 Å². The summed E-state index contributed by atoms with van der Waals surface area (Å²) < 4.78 is 15.2. The van der Waals surface area contributed by atoms with E-state index in [1.807, 2.05) is 39.0 Å². The minimum Gasteiger partial charge on any atom is -0.507 e. The number of rotatable bonds is 7. The van der Waals surface area contributed by atoms with Crippen LogP contribution in [0.15, 0.2) is 55.3 Å². The molecule has 0 unspecified atom stereocenters. The molecule has 2 aromatic carbocycles. The molecule has 1 heterocycles. The van der Waals surface area contributed by atoms with Crippen molar-refractivity contribution in [2.45, 2.75) is 34.1 Å². The third-order valence-corrected chi connectivity index (χ3v) is 5.53. The molecule has 0 radical (unpaired) electrons. The van der Waals surface area contributed by atoms with Crippen LogP contribution >= 0.6 is 0 Å². The number of carbonyl (C=O) groups is 1. The summed E-state index contributed by atoms with van der Waals surface area (Å²) in [5.41, 5.74) is 5.39. The third-order valence-electron chi connectivity index (χ3n) is 5.53. The average molecular weight is 446 g/mol. The zero-order chi connectivity index (χ0) is 24.1. The van der Waals surface area contributed by atoms with Crippen molar-refractivity contribution in [1.82, 2.24) is 4.98 Å². The molecule has 170 valence electrons. The zero-order valence-corrected chi connectivity index (χ0v) is 19.3. The van der Waals surface area contributed by atoms with Crippen LogP contribution in [0.25, 0.3) is 11.9 Å². The van der Waals surface area contributed by atoms with Crippen LogP contribution in [-0.2, 0) is 11.2 Å². The Morgan fingerprint density at radius 3 is 2.58 bits per heavy atom. The van der Waals surface area contributed by atoms with Gasteiger partial charge in [-0.1, -0.05) is 31.7 Å². The van der Waals surface area contributed by atoms with E-state index in [9.17, 15) is 9.90 Å². The van der Waals surface area contributed by atoms with Gasteiger partial charge in [-0.2, -0.15) is 0 Å². The number of phenolic OH excluding ortho intramolecular Hbond substituents is 1. The molecule has 3 N–H and O–H groups in total. The second-order valence-corrected chi connectivity index (χ2v) is 7.84. The van der Waals surface area contributed by atoms with Crippen LogP contribution < -0.4 is 10.6 Å². The number of phenols is 1. The van der Waals surface area contributed by atoms with Crippen LogP contribution in [0, 0.1) is 20.8 Å². The Morgan fingerprint density at radius 1 is 1.18 bits per heavy atom. The van der Waals surface area contributed by atoms with Crippen molar-refractivity contribution in [2.24, 2.45) is 0 Å². The summed E-state index contributed by atoms with van der Waals surface area (Å²) in [5.74, 6) is -0.329. The summed E-state index contributed by atoms with van der Waals surface area (Å²) >= 11 is 0. The van der Waals surface area contributed by atoms with E-state index in [0.717, 1.165) is 23.1 Å². The molecule has 0 saturated heterocycles. The third kappa shape index (κ3) is 5.29. The molecule has 0 saturated carbocycles. The molecule has 0 atom stereocenters. The molecule has 33 heavy (non-hydrogen) atoms. The van der Waals surface area contributed by atoms with E-state index in [-0.39, 0.29) is 17.2 Å². The van der Waals surface area contributed by atoms with Crippen LogP contribution in [0.2, 0.25) is 0 Å². The molecule has 3 aromatic rings. The van der Waals surface area contributed by atoms with Crippen molar-refractivity contribution in [2.75, 3.05) is 10.6 Å². The van der Waals surface area contributed by atoms with E-state index >= 15 is 4.39 Å². The highest BCUT2D eigenvalue weighted by Crippen LogP contribution is 2.36. The minimum atomic E-state index is -0.515. The summed E-state index contributed by atoms with van der Waals surface area (Å²) in [6, 6.07) is 10.9. The highest BCUT2D eigenvalue weighted by molar-refractivity contribution is 6.01. The molecule has 3 rings (SSSR count). The fourth-order valence-electron chi connectivity index (χ4n) is 3.67. The van der Waals surface area contributed by atoms with Gasteiger partial charge in [0.05, 0.1) is 16.9 Å². The number of halogens is 1. The smallest absolute Gasteiger partial charge is 0.247 e. The maximum absolute atomic E-state index is 15.2. The Labute approximate surface area is 193 Å². The lowest BCUT2D eigenvalue weighted by Gasteiger charge is -2.15. The molecule has 1 amide bonds. The molecule has 6 heteroatoms. The quantitative estimate of drug-likeness (QED) is 0.358. The number of aryl methyl sites for hydroxylation is 3. The Bertz CT molecular complexity index is 1230. The van der Waals surface area contributed by atoms with Gasteiger partial charge in [-0.15, -0.1) is 0 Å². The first-order chi connectivity index (χ1) is 15.7. The molecular formula is C27H28FN3O2. The summed E-state index contributed by atoms with van der Waals surface area (Å²) in [5, 5.41) is 16.4. The van der Waals surface area contributed by atoms with E-state index in [2.05, 4.69) is 22.2 Å². The Morgan fingerprint density at radius 2 is 1.94 bits per heavy atom. The van der Waals surface area contributed by atoms with E-state index in [1.165, 1.54) is 12.2 Å². The van der Waals surface area contributed by atoms with Crippen LogP contribution in [0.1, 0.15) is 40.3 Å². The van der Waals surface area contributed by atoms with Gasteiger partial charge >= 0.3 is 0 Å². The van der Waals surface area contributed by atoms with Crippen molar-refractivity contribution in [3.05, 3.63) is 88.6 Å². The largest absolute Gasteiger partial charge is 0.507 e. The van der Waals surface area contributed by atoms with Gasteiger partial charge in [0.1, 0.15) is 17.4 Å². The number of carbonyl (C=O) groups excluding carboxylic acids is 1. The van der Waals surface area contributed by atoms with Gasteiger partial charge in [-0.3, -0.25) is 4.79 Å². The number of aromatic hydroxyl groups is 1. The van der Waals surface area contributed by atoms with E-state index in [1.54, 1.807) is 31.3 Å². The van der Waals surface area contributed by atoms with E-state index < -0.39 is 5.83 Å². The number of hydrogen-bond acceptors (Lipinski definition) is 4. The number of benzene rings is 2. The monoisotopic (exact) mass is 445 g/mol. The molecule has 0 aliphatic rings. The number of anilines is 3. The molecule has 0 spiro atoms. The van der Waals surface area contributed by atoms with E-state index in [0.29, 0.717) is 28.3 Å². The second kappa shape index (κ2) is 10.1. The van der Waals surface area contributed by atoms with E-state index in [4.69, 9.17) is 0 Å². The van der Waals surface area contributed by atoms with Crippen molar-refractivity contribution in [1.29, 1.82) is 0 Å². The van der Waals surface area contributed by atoms with Crippen LogP contribution in [-0.4, -0.2) is 16.0 Å². The second-order valence-electron chi connectivity index (χ2n) is 7.84. The first kappa shape index (κ1) is 23.7. The minimum absolute atomic E-state index is 0.0432. The van der Waals surface area contributed by atoms with Gasteiger partial charge in [0.15, 0.2) is 0 Å². The number of para-hydroxylation sites is 1. The predicted molar refractivity (Wildman–Crippen MR) is 133 cm³/mol. The maximum Gasteiger partial charge on any atom is 0.247 e. The van der Waals surface area contributed by atoms with Crippen molar-refractivity contribution >= 4 is 35.0 Å². The number of nitrogens with zero attached hydrogens (tertiary/aromatic N) is 1. The van der Waals surface area contributed by atoms with Crippen molar-refractivity contribution in [3.8, 4) is 5.75 Å².